The molecule has 0 aliphatic carbocycles. The number of benzene rings is 1. The molecular weight excluding hydrogens is 332 g/mol. The fourth-order valence-corrected chi connectivity index (χ4v) is 4.97. The molecule has 4 rings (SSSR count). The lowest BCUT2D eigenvalue weighted by atomic mass is 9.98. The summed E-state index contributed by atoms with van der Waals surface area (Å²) in [6.07, 6.45) is 3.89. The number of piperidine rings is 1. The first-order chi connectivity index (χ1) is 12.2. The summed E-state index contributed by atoms with van der Waals surface area (Å²) in [6.45, 7) is 0. The molecule has 4 nitrogen and oxygen atoms in total. The SMILES string of the molecule is CN1C2CCC1CC(NC(=O)OC(c1ccccc1)c1cccs1)C2. The third-order valence-corrected chi connectivity index (χ3v) is 6.46. The lowest BCUT2D eigenvalue weighted by Crippen LogP contribution is -2.49. The van der Waals surface area contributed by atoms with Crippen LogP contribution in [0.15, 0.2) is 47.8 Å². The Kier molecular flexibility index (Phi) is 4.77. The van der Waals surface area contributed by atoms with Gasteiger partial charge in [-0.25, -0.2) is 4.79 Å². The zero-order valence-corrected chi connectivity index (χ0v) is 15.2. The molecule has 1 N–H and O–H groups in total. The summed E-state index contributed by atoms with van der Waals surface area (Å²) < 4.78 is 5.85. The van der Waals surface area contributed by atoms with Gasteiger partial charge in [0.25, 0.3) is 0 Å². The van der Waals surface area contributed by atoms with Crippen LogP contribution in [-0.4, -0.2) is 36.2 Å². The second-order valence-corrected chi connectivity index (χ2v) is 8.05. The summed E-state index contributed by atoms with van der Waals surface area (Å²) in [6, 6.07) is 15.4. The molecule has 5 heteroatoms. The number of nitrogens with one attached hydrogen (secondary N) is 1. The van der Waals surface area contributed by atoms with E-state index in [4.69, 9.17) is 4.74 Å². The number of carbonyl (C=O) groups is 1. The van der Waals surface area contributed by atoms with Crippen LogP contribution < -0.4 is 5.32 Å². The Hall–Kier alpha value is -1.85. The highest BCUT2D eigenvalue weighted by Crippen LogP contribution is 2.34. The fraction of sp³-hybridized carbons (Fsp3) is 0.450. The van der Waals surface area contributed by atoms with Crippen LogP contribution in [0, 0.1) is 0 Å². The highest BCUT2D eigenvalue weighted by atomic mass is 32.1. The molecule has 0 radical (unpaired) electrons. The van der Waals surface area contributed by atoms with Crippen molar-refractivity contribution in [1.29, 1.82) is 0 Å². The molecule has 2 fully saturated rings. The van der Waals surface area contributed by atoms with E-state index in [1.165, 1.54) is 12.8 Å². The predicted octanol–water partition coefficient (Wildman–Crippen LogP) is 4.19. The van der Waals surface area contributed by atoms with E-state index in [0.29, 0.717) is 12.1 Å². The van der Waals surface area contributed by atoms with Gasteiger partial charge in [-0.15, -0.1) is 11.3 Å². The van der Waals surface area contributed by atoms with E-state index in [0.717, 1.165) is 23.3 Å². The number of alkyl carbamates (subject to hydrolysis) is 1. The van der Waals surface area contributed by atoms with Gasteiger partial charge in [0.1, 0.15) is 0 Å². The van der Waals surface area contributed by atoms with Crippen LogP contribution in [0.3, 0.4) is 0 Å². The third-order valence-electron chi connectivity index (χ3n) is 5.55. The number of nitrogens with zero attached hydrogens (tertiary/aromatic N) is 1. The second kappa shape index (κ2) is 7.18. The minimum Gasteiger partial charge on any atom is -0.436 e. The van der Waals surface area contributed by atoms with Gasteiger partial charge in [-0.2, -0.15) is 0 Å². The third kappa shape index (κ3) is 3.58. The van der Waals surface area contributed by atoms with Gasteiger partial charge in [-0.05, 0) is 49.7 Å². The zero-order chi connectivity index (χ0) is 17.2. The molecule has 2 saturated heterocycles. The monoisotopic (exact) mass is 356 g/mol. The Morgan fingerprint density at radius 1 is 1.16 bits per heavy atom. The number of thiophene rings is 1. The number of hydrogen-bond acceptors (Lipinski definition) is 4. The molecule has 1 aromatic heterocycles. The van der Waals surface area contributed by atoms with Crippen molar-refractivity contribution in [3.05, 3.63) is 58.3 Å². The van der Waals surface area contributed by atoms with Gasteiger partial charge in [-0.3, -0.25) is 0 Å². The molecule has 1 aromatic carbocycles. The predicted molar refractivity (Wildman–Crippen MR) is 99.8 cm³/mol. The molecule has 132 valence electrons. The first-order valence-electron chi connectivity index (χ1n) is 8.98. The Morgan fingerprint density at radius 2 is 1.88 bits per heavy atom. The van der Waals surface area contributed by atoms with E-state index in [1.54, 1.807) is 11.3 Å². The van der Waals surface area contributed by atoms with E-state index in [-0.39, 0.29) is 18.2 Å². The van der Waals surface area contributed by atoms with Gasteiger partial charge in [-0.1, -0.05) is 36.4 Å². The molecule has 3 unspecified atom stereocenters. The normalized spacial score (nSPS) is 27.0. The summed E-state index contributed by atoms with van der Waals surface area (Å²) in [5.74, 6) is 0. The number of fused-ring (bicyclic) bond motifs is 2. The van der Waals surface area contributed by atoms with Crippen molar-refractivity contribution in [2.75, 3.05) is 7.05 Å². The molecule has 2 aliphatic heterocycles. The minimum atomic E-state index is -0.343. The Balaban J connectivity index is 1.43. The lowest BCUT2D eigenvalue weighted by Gasteiger charge is -2.36. The van der Waals surface area contributed by atoms with E-state index in [2.05, 4.69) is 17.3 Å². The van der Waals surface area contributed by atoms with Crippen LogP contribution in [-0.2, 0) is 4.74 Å². The standard InChI is InChI=1S/C20H24N2O2S/c1-22-16-9-10-17(22)13-15(12-16)21-20(23)24-19(18-8-5-11-25-18)14-6-3-2-4-7-14/h2-8,11,15-17,19H,9-10,12-13H2,1H3,(H,21,23). The van der Waals surface area contributed by atoms with Crippen molar-refractivity contribution in [2.24, 2.45) is 0 Å². The van der Waals surface area contributed by atoms with Crippen molar-refractivity contribution in [1.82, 2.24) is 10.2 Å². The first-order valence-corrected chi connectivity index (χ1v) is 9.86. The molecule has 25 heavy (non-hydrogen) atoms. The van der Waals surface area contributed by atoms with Crippen LogP contribution in [0.4, 0.5) is 4.79 Å². The average Bonchev–Trinajstić information content (AvgIpc) is 3.20. The summed E-state index contributed by atoms with van der Waals surface area (Å²) in [4.78, 5) is 16.1. The van der Waals surface area contributed by atoms with Gasteiger partial charge in [0.2, 0.25) is 0 Å². The molecule has 2 aliphatic rings. The molecule has 0 spiro atoms. The minimum absolute atomic E-state index is 0.223. The molecular formula is C20H24N2O2S. The maximum atomic E-state index is 12.6. The summed E-state index contributed by atoms with van der Waals surface area (Å²) in [5, 5.41) is 5.13. The molecule has 2 bridgehead atoms. The highest BCUT2D eigenvalue weighted by Gasteiger charge is 2.39. The van der Waals surface area contributed by atoms with Crippen LogP contribution in [0.5, 0.6) is 0 Å². The number of hydrogen-bond donors (Lipinski definition) is 1. The van der Waals surface area contributed by atoms with Crippen LogP contribution in [0.1, 0.15) is 42.2 Å². The van der Waals surface area contributed by atoms with Crippen molar-refractivity contribution >= 4 is 17.4 Å². The smallest absolute Gasteiger partial charge is 0.408 e. The maximum absolute atomic E-state index is 12.6. The van der Waals surface area contributed by atoms with E-state index in [9.17, 15) is 4.79 Å². The van der Waals surface area contributed by atoms with Crippen LogP contribution in [0.25, 0.3) is 0 Å². The lowest BCUT2D eigenvalue weighted by molar-refractivity contribution is 0.100. The number of rotatable bonds is 4. The van der Waals surface area contributed by atoms with Crippen molar-refractivity contribution in [3.63, 3.8) is 0 Å². The van der Waals surface area contributed by atoms with Gasteiger partial charge in [0, 0.05) is 23.0 Å². The zero-order valence-electron chi connectivity index (χ0n) is 14.4. The number of carbonyl (C=O) groups excluding carboxylic acids is 1. The summed E-state index contributed by atoms with van der Waals surface area (Å²) in [5.41, 5.74) is 1.00. The Bertz CT molecular complexity index is 690. The van der Waals surface area contributed by atoms with E-state index < -0.39 is 0 Å². The van der Waals surface area contributed by atoms with Crippen LogP contribution in [0.2, 0.25) is 0 Å². The van der Waals surface area contributed by atoms with E-state index >= 15 is 0 Å². The summed E-state index contributed by atoms with van der Waals surface area (Å²) >= 11 is 1.61. The van der Waals surface area contributed by atoms with Gasteiger partial charge in [0.15, 0.2) is 6.10 Å². The van der Waals surface area contributed by atoms with Crippen molar-refractivity contribution in [3.8, 4) is 0 Å². The quantitative estimate of drug-likeness (QED) is 0.893. The number of amides is 1. The molecule has 2 aromatic rings. The second-order valence-electron chi connectivity index (χ2n) is 7.07. The number of ether oxygens (including phenoxy) is 1. The molecule has 0 saturated carbocycles. The van der Waals surface area contributed by atoms with Crippen molar-refractivity contribution in [2.45, 2.75) is 49.9 Å². The molecule has 3 atom stereocenters. The first kappa shape index (κ1) is 16.6. The average molecular weight is 356 g/mol. The molecule has 1 amide bonds. The fourth-order valence-electron chi connectivity index (χ4n) is 4.20. The topological polar surface area (TPSA) is 41.6 Å². The highest BCUT2D eigenvalue weighted by molar-refractivity contribution is 7.10. The van der Waals surface area contributed by atoms with Gasteiger partial charge >= 0.3 is 6.09 Å². The summed E-state index contributed by atoms with van der Waals surface area (Å²) in [7, 11) is 2.21. The van der Waals surface area contributed by atoms with Crippen molar-refractivity contribution < 1.29 is 9.53 Å². The Morgan fingerprint density at radius 3 is 2.52 bits per heavy atom. The maximum Gasteiger partial charge on any atom is 0.408 e. The van der Waals surface area contributed by atoms with E-state index in [1.807, 2.05) is 47.8 Å². The van der Waals surface area contributed by atoms with Crippen LogP contribution >= 0.6 is 11.3 Å². The largest absolute Gasteiger partial charge is 0.436 e. The molecule has 3 heterocycles. The van der Waals surface area contributed by atoms with Gasteiger partial charge < -0.3 is 15.0 Å². The Labute approximate surface area is 152 Å². The van der Waals surface area contributed by atoms with Gasteiger partial charge in [0.05, 0.1) is 0 Å².